The SMILES string of the molecule is CCOc1ccc([C@H](CNC(=O)Cc2ccc(-c3ccccc3)cc2)N(C)C)cc1. The third-order valence-corrected chi connectivity index (χ3v) is 5.12. The molecule has 0 bridgehead atoms. The second kappa shape index (κ2) is 10.6. The molecule has 0 spiro atoms. The highest BCUT2D eigenvalue weighted by atomic mass is 16.5. The zero-order chi connectivity index (χ0) is 21.3. The van der Waals surface area contributed by atoms with Crippen molar-refractivity contribution < 1.29 is 9.53 Å². The molecule has 3 aromatic carbocycles. The molecule has 0 fully saturated rings. The lowest BCUT2D eigenvalue weighted by Gasteiger charge is -2.25. The van der Waals surface area contributed by atoms with Crippen molar-refractivity contribution >= 4 is 5.91 Å². The Bertz CT molecular complexity index is 920. The van der Waals surface area contributed by atoms with Crippen LogP contribution in [0.2, 0.25) is 0 Å². The van der Waals surface area contributed by atoms with Crippen molar-refractivity contribution in [3.05, 3.63) is 90.0 Å². The molecule has 0 radical (unpaired) electrons. The number of amides is 1. The van der Waals surface area contributed by atoms with Gasteiger partial charge in [-0.1, -0.05) is 66.7 Å². The van der Waals surface area contributed by atoms with Crippen LogP contribution < -0.4 is 10.1 Å². The minimum Gasteiger partial charge on any atom is -0.494 e. The number of ether oxygens (including phenoxy) is 1. The normalized spacial score (nSPS) is 11.9. The van der Waals surface area contributed by atoms with Crippen molar-refractivity contribution in [2.45, 2.75) is 19.4 Å². The van der Waals surface area contributed by atoms with E-state index in [-0.39, 0.29) is 11.9 Å². The number of rotatable bonds is 9. The number of nitrogens with zero attached hydrogens (tertiary/aromatic N) is 1. The van der Waals surface area contributed by atoms with E-state index in [9.17, 15) is 4.79 Å². The number of nitrogens with one attached hydrogen (secondary N) is 1. The third-order valence-electron chi connectivity index (χ3n) is 5.12. The van der Waals surface area contributed by atoms with Gasteiger partial charge in [0.1, 0.15) is 5.75 Å². The average molecular weight is 403 g/mol. The van der Waals surface area contributed by atoms with Gasteiger partial charge in [0.2, 0.25) is 5.91 Å². The Morgan fingerprint density at radius 2 is 1.53 bits per heavy atom. The maximum absolute atomic E-state index is 12.5. The smallest absolute Gasteiger partial charge is 0.224 e. The minimum absolute atomic E-state index is 0.0280. The van der Waals surface area contributed by atoms with Gasteiger partial charge in [-0.25, -0.2) is 0 Å². The van der Waals surface area contributed by atoms with Crippen LogP contribution in [0.3, 0.4) is 0 Å². The molecule has 0 unspecified atom stereocenters. The summed E-state index contributed by atoms with van der Waals surface area (Å²) in [4.78, 5) is 14.6. The summed E-state index contributed by atoms with van der Waals surface area (Å²) < 4.78 is 5.52. The quantitative estimate of drug-likeness (QED) is 0.563. The van der Waals surface area contributed by atoms with Crippen LogP contribution >= 0.6 is 0 Å². The molecule has 0 aliphatic carbocycles. The first-order valence-electron chi connectivity index (χ1n) is 10.4. The van der Waals surface area contributed by atoms with E-state index < -0.39 is 0 Å². The highest BCUT2D eigenvalue weighted by Crippen LogP contribution is 2.22. The van der Waals surface area contributed by atoms with Gasteiger partial charge in [-0.15, -0.1) is 0 Å². The first kappa shape index (κ1) is 21.6. The predicted octanol–water partition coefficient (Wildman–Crippen LogP) is 4.71. The van der Waals surface area contributed by atoms with E-state index in [0.29, 0.717) is 19.6 Å². The largest absolute Gasteiger partial charge is 0.494 e. The molecule has 3 aromatic rings. The standard InChI is InChI=1S/C26H30N2O2/c1-4-30-24-16-14-23(15-17-24)25(28(2)3)19-27-26(29)18-20-10-12-22(13-11-20)21-8-6-5-7-9-21/h5-17,25H,4,18-19H2,1-3H3,(H,27,29)/t25-/m0/s1. The molecule has 0 saturated carbocycles. The summed E-state index contributed by atoms with van der Waals surface area (Å²) in [5.41, 5.74) is 4.49. The Labute approximate surface area is 179 Å². The van der Waals surface area contributed by atoms with Gasteiger partial charge in [-0.05, 0) is 55.4 Å². The molecule has 0 aliphatic rings. The van der Waals surface area contributed by atoms with E-state index in [4.69, 9.17) is 4.74 Å². The molecule has 1 atom stereocenters. The van der Waals surface area contributed by atoms with E-state index in [1.54, 1.807) is 0 Å². The molecule has 0 aliphatic heterocycles. The Hall–Kier alpha value is -3.11. The molecule has 0 saturated heterocycles. The van der Waals surface area contributed by atoms with Crippen LogP contribution in [0.1, 0.15) is 24.1 Å². The molecule has 1 amide bonds. The highest BCUT2D eigenvalue weighted by Gasteiger charge is 2.15. The zero-order valence-electron chi connectivity index (χ0n) is 18.0. The second-order valence-electron chi connectivity index (χ2n) is 7.53. The lowest BCUT2D eigenvalue weighted by atomic mass is 10.0. The second-order valence-corrected chi connectivity index (χ2v) is 7.53. The van der Waals surface area contributed by atoms with Crippen molar-refractivity contribution in [3.8, 4) is 16.9 Å². The molecule has 30 heavy (non-hydrogen) atoms. The van der Waals surface area contributed by atoms with Gasteiger partial charge in [-0.2, -0.15) is 0 Å². The highest BCUT2D eigenvalue weighted by molar-refractivity contribution is 5.79. The first-order chi connectivity index (χ1) is 14.6. The van der Waals surface area contributed by atoms with Crippen LogP contribution in [-0.2, 0) is 11.2 Å². The van der Waals surface area contributed by atoms with Crippen LogP contribution in [0, 0.1) is 0 Å². The molecule has 0 aromatic heterocycles. The number of carbonyl (C=O) groups excluding carboxylic acids is 1. The molecule has 0 heterocycles. The van der Waals surface area contributed by atoms with Gasteiger partial charge < -0.3 is 15.0 Å². The van der Waals surface area contributed by atoms with E-state index >= 15 is 0 Å². The van der Waals surface area contributed by atoms with Gasteiger partial charge in [-0.3, -0.25) is 4.79 Å². The molecule has 1 N–H and O–H groups in total. The minimum atomic E-state index is 0.0280. The van der Waals surface area contributed by atoms with Crippen LogP contribution in [-0.4, -0.2) is 38.1 Å². The molecule has 3 rings (SSSR count). The Kier molecular flexibility index (Phi) is 7.63. The van der Waals surface area contributed by atoms with E-state index in [1.165, 1.54) is 5.56 Å². The summed E-state index contributed by atoms with van der Waals surface area (Å²) in [5, 5.41) is 3.09. The van der Waals surface area contributed by atoms with E-state index in [0.717, 1.165) is 22.4 Å². The lowest BCUT2D eigenvalue weighted by Crippen LogP contribution is -2.35. The molecule has 156 valence electrons. The number of hydrogen-bond acceptors (Lipinski definition) is 3. The van der Waals surface area contributed by atoms with Crippen LogP contribution in [0.4, 0.5) is 0 Å². The summed E-state index contributed by atoms with van der Waals surface area (Å²) in [6, 6.07) is 26.6. The summed E-state index contributed by atoms with van der Waals surface area (Å²) >= 11 is 0. The monoisotopic (exact) mass is 402 g/mol. The van der Waals surface area contributed by atoms with Gasteiger partial charge >= 0.3 is 0 Å². The molecule has 4 nitrogen and oxygen atoms in total. The van der Waals surface area contributed by atoms with Gasteiger partial charge in [0.25, 0.3) is 0 Å². The number of carbonyl (C=O) groups is 1. The van der Waals surface area contributed by atoms with Crippen molar-refractivity contribution in [2.24, 2.45) is 0 Å². The summed E-state index contributed by atoms with van der Waals surface area (Å²) in [5.74, 6) is 0.891. The van der Waals surface area contributed by atoms with Crippen molar-refractivity contribution in [1.82, 2.24) is 10.2 Å². The predicted molar refractivity (Wildman–Crippen MR) is 123 cm³/mol. The third kappa shape index (κ3) is 5.94. The topological polar surface area (TPSA) is 41.6 Å². The number of hydrogen-bond donors (Lipinski definition) is 1. The van der Waals surface area contributed by atoms with Crippen molar-refractivity contribution in [3.63, 3.8) is 0 Å². The Balaban J connectivity index is 1.56. The van der Waals surface area contributed by atoms with Crippen molar-refractivity contribution in [1.29, 1.82) is 0 Å². The summed E-state index contributed by atoms with van der Waals surface area (Å²) in [6.45, 7) is 3.18. The zero-order valence-corrected chi connectivity index (χ0v) is 18.0. The molecular weight excluding hydrogens is 372 g/mol. The fourth-order valence-electron chi connectivity index (χ4n) is 3.46. The lowest BCUT2D eigenvalue weighted by molar-refractivity contribution is -0.120. The van der Waals surface area contributed by atoms with Gasteiger partial charge in [0, 0.05) is 6.54 Å². The first-order valence-corrected chi connectivity index (χ1v) is 10.4. The Morgan fingerprint density at radius 3 is 2.13 bits per heavy atom. The summed E-state index contributed by atoms with van der Waals surface area (Å²) in [6.07, 6.45) is 0.374. The van der Waals surface area contributed by atoms with Crippen molar-refractivity contribution in [2.75, 3.05) is 27.2 Å². The van der Waals surface area contributed by atoms with Gasteiger partial charge in [0.05, 0.1) is 19.1 Å². The maximum atomic E-state index is 12.5. The van der Waals surface area contributed by atoms with E-state index in [1.807, 2.05) is 63.5 Å². The van der Waals surface area contributed by atoms with Gasteiger partial charge in [0.15, 0.2) is 0 Å². The molecule has 4 heteroatoms. The van der Waals surface area contributed by atoms with Crippen LogP contribution in [0.5, 0.6) is 5.75 Å². The fraction of sp³-hybridized carbons (Fsp3) is 0.269. The fourth-order valence-corrected chi connectivity index (χ4v) is 3.46. The van der Waals surface area contributed by atoms with E-state index in [2.05, 4.69) is 46.6 Å². The number of benzene rings is 3. The summed E-state index contributed by atoms with van der Waals surface area (Å²) in [7, 11) is 4.05. The maximum Gasteiger partial charge on any atom is 0.224 e. The Morgan fingerprint density at radius 1 is 0.900 bits per heavy atom. The van der Waals surface area contributed by atoms with Crippen LogP contribution in [0.25, 0.3) is 11.1 Å². The average Bonchev–Trinajstić information content (AvgIpc) is 2.76. The number of likely N-dealkylation sites (N-methyl/N-ethyl adjacent to an activating group) is 1. The van der Waals surface area contributed by atoms with Crippen LogP contribution in [0.15, 0.2) is 78.9 Å². The molecular formula is C26H30N2O2.